The number of carbonyl (C=O) groups is 2. The number of carbonyl (C=O) groups excluding carboxylic acids is 2. The van der Waals surface area contributed by atoms with E-state index in [2.05, 4.69) is 5.32 Å². The maximum atomic E-state index is 12.7. The summed E-state index contributed by atoms with van der Waals surface area (Å²) in [4.78, 5) is 25.8. The Morgan fingerprint density at radius 1 is 1.12 bits per heavy atom. The number of ether oxygens (including phenoxy) is 2. The number of para-hydroxylation sites is 1. The second-order valence-electron chi connectivity index (χ2n) is 6.06. The van der Waals surface area contributed by atoms with E-state index in [4.69, 9.17) is 9.47 Å². The number of anilines is 1. The summed E-state index contributed by atoms with van der Waals surface area (Å²) in [5.74, 6) is 1.21. The second-order valence-corrected chi connectivity index (χ2v) is 6.06. The number of rotatable bonds is 7. The van der Waals surface area contributed by atoms with Crippen LogP contribution in [0.5, 0.6) is 11.5 Å². The molecule has 0 fully saturated rings. The lowest BCUT2D eigenvalue weighted by molar-refractivity contribution is -0.126. The lowest BCUT2D eigenvalue weighted by Gasteiger charge is -2.18. The summed E-state index contributed by atoms with van der Waals surface area (Å²) in [5.41, 5.74) is 1.68. The summed E-state index contributed by atoms with van der Waals surface area (Å²) in [7, 11) is 1.62. The Kier molecular flexibility index (Phi) is 5.41. The van der Waals surface area contributed by atoms with Crippen LogP contribution >= 0.6 is 0 Å². The van der Waals surface area contributed by atoms with Crippen molar-refractivity contribution >= 4 is 17.5 Å². The maximum absolute atomic E-state index is 12.7. The van der Waals surface area contributed by atoms with Crippen LogP contribution in [0, 0.1) is 0 Å². The third-order valence-electron chi connectivity index (χ3n) is 4.25. The van der Waals surface area contributed by atoms with E-state index in [1.165, 1.54) is 6.92 Å². The van der Waals surface area contributed by atoms with Crippen molar-refractivity contribution in [3.05, 3.63) is 54.1 Å². The molecule has 0 radical (unpaired) electrons. The molecule has 0 saturated heterocycles. The normalized spacial score (nSPS) is 15.5. The van der Waals surface area contributed by atoms with Gasteiger partial charge in [0.15, 0.2) is 0 Å². The Labute approximate surface area is 152 Å². The molecule has 2 amide bonds. The standard InChI is InChI=1S/C20H22N2O4/c1-14(23)21-19-17-6-3-4-7-18(17)22(20(19)24)12-5-13-26-16-10-8-15(25-2)9-11-16/h3-4,6-11,19H,5,12-13H2,1-2H3,(H,21,23)/t19-/m1/s1. The summed E-state index contributed by atoms with van der Waals surface area (Å²) >= 11 is 0. The number of benzene rings is 2. The van der Waals surface area contributed by atoms with E-state index in [1.54, 1.807) is 12.0 Å². The van der Waals surface area contributed by atoms with E-state index in [0.29, 0.717) is 19.6 Å². The van der Waals surface area contributed by atoms with Crippen molar-refractivity contribution in [2.24, 2.45) is 0 Å². The fourth-order valence-electron chi connectivity index (χ4n) is 3.04. The van der Waals surface area contributed by atoms with Crippen LogP contribution < -0.4 is 19.7 Å². The van der Waals surface area contributed by atoms with Crippen molar-refractivity contribution in [2.75, 3.05) is 25.2 Å². The van der Waals surface area contributed by atoms with Gasteiger partial charge in [-0.05, 0) is 36.8 Å². The first-order valence-corrected chi connectivity index (χ1v) is 8.54. The smallest absolute Gasteiger partial charge is 0.254 e. The van der Waals surface area contributed by atoms with Gasteiger partial charge in [-0.3, -0.25) is 9.59 Å². The van der Waals surface area contributed by atoms with E-state index in [0.717, 1.165) is 22.7 Å². The molecule has 0 bridgehead atoms. The largest absolute Gasteiger partial charge is 0.497 e. The monoisotopic (exact) mass is 354 g/mol. The molecule has 6 heteroatoms. The molecule has 1 N–H and O–H groups in total. The number of amides is 2. The van der Waals surface area contributed by atoms with Crippen molar-refractivity contribution < 1.29 is 19.1 Å². The average Bonchev–Trinajstić information content (AvgIpc) is 2.91. The van der Waals surface area contributed by atoms with Gasteiger partial charge in [-0.25, -0.2) is 0 Å². The molecule has 0 aromatic heterocycles. The highest BCUT2D eigenvalue weighted by molar-refractivity contribution is 6.06. The van der Waals surface area contributed by atoms with Crippen LogP contribution in [0.2, 0.25) is 0 Å². The van der Waals surface area contributed by atoms with Crippen LogP contribution in [0.15, 0.2) is 48.5 Å². The number of hydrogen-bond acceptors (Lipinski definition) is 4. The van der Waals surface area contributed by atoms with Gasteiger partial charge >= 0.3 is 0 Å². The molecular weight excluding hydrogens is 332 g/mol. The van der Waals surface area contributed by atoms with Crippen LogP contribution in [0.4, 0.5) is 5.69 Å². The molecule has 1 heterocycles. The molecule has 3 rings (SSSR count). The van der Waals surface area contributed by atoms with E-state index >= 15 is 0 Å². The molecule has 136 valence electrons. The highest BCUT2D eigenvalue weighted by Gasteiger charge is 2.37. The van der Waals surface area contributed by atoms with Crippen molar-refractivity contribution in [3.8, 4) is 11.5 Å². The van der Waals surface area contributed by atoms with Gasteiger partial charge in [0.2, 0.25) is 5.91 Å². The number of hydrogen-bond donors (Lipinski definition) is 1. The van der Waals surface area contributed by atoms with Gasteiger partial charge in [-0.15, -0.1) is 0 Å². The fraction of sp³-hybridized carbons (Fsp3) is 0.300. The van der Waals surface area contributed by atoms with Gasteiger partial charge in [0.1, 0.15) is 17.5 Å². The zero-order valence-electron chi connectivity index (χ0n) is 14.9. The van der Waals surface area contributed by atoms with Gasteiger partial charge in [0.05, 0.1) is 13.7 Å². The number of fused-ring (bicyclic) bond motifs is 1. The predicted molar refractivity (Wildman–Crippen MR) is 98.5 cm³/mol. The van der Waals surface area contributed by atoms with Gasteiger partial charge in [0.25, 0.3) is 5.91 Å². The summed E-state index contributed by atoms with van der Waals surface area (Å²) in [6, 6.07) is 14.3. The fourth-order valence-corrected chi connectivity index (χ4v) is 3.04. The maximum Gasteiger partial charge on any atom is 0.254 e. The minimum absolute atomic E-state index is 0.106. The van der Waals surface area contributed by atoms with Crippen LogP contribution in [-0.4, -0.2) is 32.1 Å². The molecule has 6 nitrogen and oxygen atoms in total. The Bertz CT molecular complexity index is 789. The van der Waals surface area contributed by atoms with E-state index in [-0.39, 0.29) is 11.8 Å². The molecule has 0 saturated carbocycles. The van der Waals surface area contributed by atoms with Crippen LogP contribution in [0.1, 0.15) is 24.9 Å². The number of nitrogens with one attached hydrogen (secondary N) is 1. The lowest BCUT2D eigenvalue weighted by atomic mass is 10.1. The molecule has 26 heavy (non-hydrogen) atoms. The SMILES string of the molecule is COc1ccc(OCCCN2C(=O)[C@H](NC(C)=O)c3ccccc32)cc1. The summed E-state index contributed by atoms with van der Waals surface area (Å²) in [6.45, 7) is 2.44. The zero-order valence-corrected chi connectivity index (χ0v) is 14.9. The molecule has 1 aliphatic rings. The lowest BCUT2D eigenvalue weighted by Crippen LogP contribution is -2.37. The Hall–Kier alpha value is -3.02. The van der Waals surface area contributed by atoms with Crippen molar-refractivity contribution in [1.82, 2.24) is 5.32 Å². The highest BCUT2D eigenvalue weighted by atomic mass is 16.5. The van der Waals surface area contributed by atoms with Crippen molar-refractivity contribution in [3.63, 3.8) is 0 Å². The molecule has 1 aliphatic heterocycles. The molecule has 2 aromatic carbocycles. The zero-order chi connectivity index (χ0) is 18.5. The number of nitrogens with zero attached hydrogens (tertiary/aromatic N) is 1. The Balaban J connectivity index is 1.59. The quantitative estimate of drug-likeness (QED) is 0.776. The van der Waals surface area contributed by atoms with E-state index in [1.807, 2.05) is 48.5 Å². The van der Waals surface area contributed by atoms with Crippen molar-refractivity contribution in [2.45, 2.75) is 19.4 Å². The second kappa shape index (κ2) is 7.91. The van der Waals surface area contributed by atoms with Gasteiger partial charge in [0, 0.05) is 24.7 Å². The van der Waals surface area contributed by atoms with Crippen LogP contribution in [0.25, 0.3) is 0 Å². The predicted octanol–water partition coefficient (Wildman–Crippen LogP) is 2.69. The first-order valence-electron chi connectivity index (χ1n) is 8.54. The summed E-state index contributed by atoms with van der Waals surface area (Å²) in [5, 5.41) is 2.73. The highest BCUT2D eigenvalue weighted by Crippen LogP contribution is 2.35. The van der Waals surface area contributed by atoms with Crippen LogP contribution in [0.3, 0.4) is 0 Å². The topological polar surface area (TPSA) is 67.9 Å². The molecule has 0 aliphatic carbocycles. The minimum atomic E-state index is -0.605. The van der Waals surface area contributed by atoms with Gasteiger partial charge < -0.3 is 19.7 Å². The van der Waals surface area contributed by atoms with Gasteiger partial charge in [-0.2, -0.15) is 0 Å². The minimum Gasteiger partial charge on any atom is -0.497 e. The Morgan fingerprint density at radius 3 is 2.50 bits per heavy atom. The average molecular weight is 354 g/mol. The molecule has 0 unspecified atom stereocenters. The summed E-state index contributed by atoms with van der Waals surface area (Å²) < 4.78 is 10.8. The van der Waals surface area contributed by atoms with E-state index in [9.17, 15) is 9.59 Å². The van der Waals surface area contributed by atoms with Crippen LogP contribution in [-0.2, 0) is 9.59 Å². The molecule has 0 spiro atoms. The van der Waals surface area contributed by atoms with E-state index < -0.39 is 6.04 Å². The summed E-state index contributed by atoms with van der Waals surface area (Å²) in [6.07, 6.45) is 0.679. The third-order valence-corrected chi connectivity index (χ3v) is 4.25. The Morgan fingerprint density at radius 2 is 1.81 bits per heavy atom. The first kappa shape index (κ1) is 17.8. The van der Waals surface area contributed by atoms with Crippen molar-refractivity contribution in [1.29, 1.82) is 0 Å². The van der Waals surface area contributed by atoms with Gasteiger partial charge in [-0.1, -0.05) is 18.2 Å². The molecule has 2 aromatic rings. The molecular formula is C20H22N2O4. The third kappa shape index (κ3) is 3.79. The first-order chi connectivity index (χ1) is 12.6. The molecule has 1 atom stereocenters. The number of methoxy groups -OCH3 is 1.